The Labute approximate surface area is 229 Å². The van der Waals surface area contributed by atoms with Gasteiger partial charge in [0, 0.05) is 31.0 Å². The van der Waals surface area contributed by atoms with Crippen molar-refractivity contribution in [2.75, 3.05) is 11.9 Å². The Morgan fingerprint density at radius 2 is 1.61 bits per heavy atom. The summed E-state index contributed by atoms with van der Waals surface area (Å²) in [7, 11) is 0. The average molecular weight is 520 g/mol. The molecular formula is C32H49N5O. The maximum atomic E-state index is 12.3. The van der Waals surface area contributed by atoms with E-state index in [9.17, 15) is 4.79 Å². The molecule has 0 spiro atoms. The smallest absolute Gasteiger partial charge is 0.162 e. The number of ketones is 1. The first-order valence-corrected chi connectivity index (χ1v) is 15.0. The second-order valence-electron chi connectivity index (χ2n) is 10.7. The SMILES string of the molecule is CCCCCCC(N)CCCCCNc1ccc2c(C)nc(CCCCCCC(=O)c3ccccc3)n2n1. The van der Waals surface area contributed by atoms with Gasteiger partial charge in [-0.1, -0.05) is 88.6 Å². The lowest BCUT2D eigenvalue weighted by molar-refractivity contribution is 0.0979. The van der Waals surface area contributed by atoms with Crippen LogP contribution in [0.15, 0.2) is 42.5 Å². The first kappa shape index (κ1) is 29.8. The molecule has 1 unspecified atom stereocenters. The second kappa shape index (κ2) is 17.0. The predicted molar refractivity (Wildman–Crippen MR) is 159 cm³/mol. The maximum absolute atomic E-state index is 12.3. The van der Waals surface area contributed by atoms with E-state index in [0.717, 1.165) is 79.9 Å². The highest BCUT2D eigenvalue weighted by molar-refractivity contribution is 5.95. The molecular weight excluding hydrogens is 470 g/mol. The summed E-state index contributed by atoms with van der Waals surface area (Å²) < 4.78 is 2.01. The number of fused-ring (bicyclic) bond motifs is 1. The lowest BCUT2D eigenvalue weighted by atomic mass is 10.0. The van der Waals surface area contributed by atoms with Crippen molar-refractivity contribution in [3.05, 3.63) is 59.5 Å². The predicted octanol–water partition coefficient (Wildman–Crippen LogP) is 7.68. The third kappa shape index (κ3) is 10.2. The van der Waals surface area contributed by atoms with Crippen LogP contribution in [0, 0.1) is 6.92 Å². The number of nitrogens with one attached hydrogen (secondary N) is 1. The Kier molecular flexibility index (Phi) is 13.3. The highest BCUT2D eigenvalue weighted by Crippen LogP contribution is 2.17. The van der Waals surface area contributed by atoms with Crippen LogP contribution in [0.4, 0.5) is 5.82 Å². The standard InChI is InChI=1S/C32H49N5O/c1-3-4-5-12-19-28(33)20-13-9-16-25-34-31-24-23-29-26(2)35-32(37(29)36-31)22-15-7-6-14-21-30(38)27-17-10-8-11-18-27/h8,10-11,17-18,23-24,28H,3-7,9,12-16,19-22,25,33H2,1-2H3,(H,34,36). The van der Waals surface area contributed by atoms with Gasteiger partial charge in [-0.05, 0) is 51.2 Å². The topological polar surface area (TPSA) is 85.3 Å². The minimum atomic E-state index is 0.242. The molecule has 0 aliphatic rings. The second-order valence-corrected chi connectivity index (χ2v) is 10.7. The third-order valence-electron chi connectivity index (χ3n) is 7.38. The van der Waals surface area contributed by atoms with Crippen LogP contribution < -0.4 is 11.1 Å². The third-order valence-corrected chi connectivity index (χ3v) is 7.38. The Morgan fingerprint density at radius 3 is 2.37 bits per heavy atom. The van der Waals surface area contributed by atoms with E-state index < -0.39 is 0 Å². The molecule has 0 aliphatic carbocycles. The van der Waals surface area contributed by atoms with Crippen molar-refractivity contribution in [1.82, 2.24) is 14.6 Å². The van der Waals surface area contributed by atoms with E-state index in [-0.39, 0.29) is 5.78 Å². The number of carbonyl (C=O) groups excluding carboxylic acids is 1. The molecule has 3 rings (SSSR count). The molecule has 0 saturated heterocycles. The molecule has 0 fully saturated rings. The van der Waals surface area contributed by atoms with Gasteiger partial charge in [0.15, 0.2) is 5.78 Å². The van der Waals surface area contributed by atoms with Crippen molar-refractivity contribution in [1.29, 1.82) is 0 Å². The molecule has 1 atom stereocenters. The van der Waals surface area contributed by atoms with Crippen LogP contribution in [0.5, 0.6) is 0 Å². The Morgan fingerprint density at radius 1 is 0.895 bits per heavy atom. The van der Waals surface area contributed by atoms with E-state index in [1.807, 2.05) is 34.8 Å². The fourth-order valence-electron chi connectivity index (χ4n) is 5.04. The van der Waals surface area contributed by atoms with Crippen LogP contribution in [0.2, 0.25) is 0 Å². The van der Waals surface area contributed by atoms with Crippen LogP contribution >= 0.6 is 0 Å². The number of aromatic nitrogens is 3. The van der Waals surface area contributed by atoms with E-state index in [1.54, 1.807) is 0 Å². The van der Waals surface area contributed by atoms with Crippen LogP contribution in [0.3, 0.4) is 0 Å². The Bertz CT molecular complexity index is 1080. The minimum absolute atomic E-state index is 0.242. The maximum Gasteiger partial charge on any atom is 0.162 e. The van der Waals surface area contributed by atoms with E-state index in [4.69, 9.17) is 15.8 Å². The Balaban J connectivity index is 1.33. The lowest BCUT2D eigenvalue weighted by Gasteiger charge is -2.11. The van der Waals surface area contributed by atoms with E-state index in [0.29, 0.717) is 12.5 Å². The van der Waals surface area contributed by atoms with Crippen LogP contribution in [-0.2, 0) is 6.42 Å². The van der Waals surface area contributed by atoms with E-state index in [1.165, 1.54) is 44.9 Å². The molecule has 3 N–H and O–H groups in total. The van der Waals surface area contributed by atoms with Gasteiger partial charge in [0.25, 0.3) is 0 Å². The van der Waals surface area contributed by atoms with Crippen molar-refractivity contribution in [3.63, 3.8) is 0 Å². The van der Waals surface area contributed by atoms with Crippen LogP contribution in [0.1, 0.15) is 119 Å². The number of nitrogens with two attached hydrogens (primary N) is 1. The number of hydrogen-bond donors (Lipinski definition) is 2. The van der Waals surface area contributed by atoms with Crippen molar-refractivity contribution in [3.8, 4) is 0 Å². The number of benzene rings is 1. The van der Waals surface area contributed by atoms with Gasteiger partial charge in [0.1, 0.15) is 11.6 Å². The summed E-state index contributed by atoms with van der Waals surface area (Å²) >= 11 is 0. The number of carbonyl (C=O) groups is 1. The monoisotopic (exact) mass is 519 g/mol. The molecule has 3 aromatic rings. The molecule has 6 nitrogen and oxygen atoms in total. The van der Waals surface area contributed by atoms with Crippen LogP contribution in [0.25, 0.3) is 5.52 Å². The number of imidazole rings is 1. The molecule has 0 aliphatic heterocycles. The molecule has 0 amide bonds. The zero-order valence-corrected chi connectivity index (χ0v) is 23.8. The van der Waals surface area contributed by atoms with Gasteiger partial charge in [-0.15, -0.1) is 5.10 Å². The number of nitrogens with zero attached hydrogens (tertiary/aromatic N) is 3. The molecule has 0 saturated carbocycles. The number of rotatable bonds is 20. The van der Waals surface area contributed by atoms with E-state index >= 15 is 0 Å². The average Bonchev–Trinajstić information content (AvgIpc) is 3.25. The normalized spacial score (nSPS) is 12.2. The quantitative estimate of drug-likeness (QED) is 0.118. The summed E-state index contributed by atoms with van der Waals surface area (Å²) in [5.74, 6) is 2.17. The summed E-state index contributed by atoms with van der Waals surface area (Å²) in [6.07, 6.45) is 16.7. The van der Waals surface area contributed by atoms with Gasteiger partial charge in [-0.2, -0.15) is 0 Å². The largest absolute Gasteiger partial charge is 0.369 e. The number of unbranched alkanes of at least 4 members (excludes halogenated alkanes) is 8. The molecule has 38 heavy (non-hydrogen) atoms. The molecule has 2 heterocycles. The van der Waals surface area contributed by atoms with Gasteiger partial charge in [-0.25, -0.2) is 9.50 Å². The van der Waals surface area contributed by atoms with Gasteiger partial charge in [-0.3, -0.25) is 4.79 Å². The van der Waals surface area contributed by atoms with Gasteiger partial charge < -0.3 is 11.1 Å². The molecule has 6 heteroatoms. The number of Topliss-reactive ketones (excluding diaryl/α,β-unsaturated/α-hetero) is 1. The highest BCUT2D eigenvalue weighted by Gasteiger charge is 2.10. The zero-order chi connectivity index (χ0) is 27.0. The fourth-order valence-corrected chi connectivity index (χ4v) is 5.04. The first-order chi connectivity index (χ1) is 18.6. The van der Waals surface area contributed by atoms with Crippen molar-refractivity contribution >= 4 is 17.1 Å². The summed E-state index contributed by atoms with van der Waals surface area (Å²) in [6, 6.07) is 14.1. The van der Waals surface area contributed by atoms with Gasteiger partial charge >= 0.3 is 0 Å². The number of anilines is 1. The summed E-state index contributed by atoms with van der Waals surface area (Å²) in [6.45, 7) is 5.23. The fraction of sp³-hybridized carbons (Fsp3) is 0.594. The first-order valence-electron chi connectivity index (χ1n) is 15.0. The summed E-state index contributed by atoms with van der Waals surface area (Å²) in [5, 5.41) is 8.34. The summed E-state index contributed by atoms with van der Waals surface area (Å²) in [5.41, 5.74) is 9.20. The zero-order valence-electron chi connectivity index (χ0n) is 23.8. The van der Waals surface area contributed by atoms with Crippen molar-refractivity contribution < 1.29 is 4.79 Å². The Hall–Kier alpha value is -2.73. The number of hydrogen-bond acceptors (Lipinski definition) is 5. The molecule has 0 bridgehead atoms. The van der Waals surface area contributed by atoms with Crippen molar-refractivity contribution in [2.45, 2.75) is 116 Å². The summed E-state index contributed by atoms with van der Waals surface area (Å²) in [4.78, 5) is 17.0. The van der Waals surface area contributed by atoms with Crippen molar-refractivity contribution in [2.24, 2.45) is 5.73 Å². The van der Waals surface area contributed by atoms with Crippen LogP contribution in [-0.4, -0.2) is 33.0 Å². The van der Waals surface area contributed by atoms with E-state index in [2.05, 4.69) is 31.3 Å². The molecule has 2 aromatic heterocycles. The molecule has 1 aromatic carbocycles. The minimum Gasteiger partial charge on any atom is -0.369 e. The molecule has 0 radical (unpaired) electrons. The lowest BCUT2D eigenvalue weighted by Crippen LogP contribution is -2.19. The van der Waals surface area contributed by atoms with Gasteiger partial charge in [0.2, 0.25) is 0 Å². The van der Waals surface area contributed by atoms with Gasteiger partial charge in [0.05, 0.1) is 11.2 Å². The highest BCUT2D eigenvalue weighted by atomic mass is 16.1. The number of aryl methyl sites for hydroxylation is 2. The molecule has 208 valence electrons.